The first-order chi connectivity index (χ1) is 10.1. The van der Waals surface area contributed by atoms with Crippen LogP contribution in [-0.4, -0.2) is 46.0 Å². The minimum Gasteiger partial charge on any atom is -0.481 e. The smallest absolute Gasteiger partial charge is 0.327 e. The van der Waals surface area contributed by atoms with Crippen molar-refractivity contribution in [2.75, 3.05) is 0 Å². The molecule has 122 valence electrons. The van der Waals surface area contributed by atoms with Crippen LogP contribution in [0, 0.1) is 11.8 Å². The van der Waals surface area contributed by atoms with Gasteiger partial charge in [-0.3, -0.25) is 28.8 Å². The number of esters is 4. The number of carbonyl (C=O) groups is 6. The van der Waals surface area contributed by atoms with Crippen LogP contribution in [-0.2, 0) is 38.2 Å². The van der Waals surface area contributed by atoms with E-state index in [-0.39, 0.29) is 0 Å². The van der Waals surface area contributed by atoms with Crippen molar-refractivity contribution in [3.63, 3.8) is 0 Å². The van der Waals surface area contributed by atoms with Crippen LogP contribution >= 0.6 is 0 Å². The fourth-order valence-electron chi connectivity index (χ4n) is 0.909. The molecule has 10 nitrogen and oxygen atoms in total. The highest BCUT2D eigenvalue weighted by molar-refractivity contribution is 6.00. The third-order valence-corrected chi connectivity index (χ3v) is 2.41. The molecule has 0 amide bonds. The standard InChI is InChI=1S/C12H14O10/c1-5(9(15)16)11(19)21-7(13)3-4-8(14)22-12(20)6(2)10(17)18/h5-6H,3-4H2,1-2H3,(H,15,16)(H,17,18). The largest absolute Gasteiger partial charge is 0.481 e. The Kier molecular flexibility index (Phi) is 7.42. The van der Waals surface area contributed by atoms with E-state index < -0.39 is 60.5 Å². The van der Waals surface area contributed by atoms with E-state index in [1.807, 2.05) is 0 Å². The lowest BCUT2D eigenvalue weighted by Gasteiger charge is -2.07. The molecular formula is C12H14O10. The zero-order valence-corrected chi connectivity index (χ0v) is 11.7. The lowest BCUT2D eigenvalue weighted by atomic mass is 10.2. The van der Waals surface area contributed by atoms with Gasteiger partial charge in [-0.15, -0.1) is 0 Å². The van der Waals surface area contributed by atoms with Crippen molar-refractivity contribution in [1.29, 1.82) is 0 Å². The van der Waals surface area contributed by atoms with Gasteiger partial charge in [-0.05, 0) is 13.8 Å². The summed E-state index contributed by atoms with van der Waals surface area (Å²) in [6.45, 7) is 2.02. The maximum atomic E-state index is 11.2. The highest BCUT2D eigenvalue weighted by atomic mass is 16.6. The molecule has 0 aliphatic heterocycles. The summed E-state index contributed by atoms with van der Waals surface area (Å²) < 4.78 is 8.34. The van der Waals surface area contributed by atoms with Crippen LogP contribution in [0.1, 0.15) is 26.7 Å². The Balaban J connectivity index is 4.23. The summed E-state index contributed by atoms with van der Waals surface area (Å²) in [5.74, 6) is -11.0. The minimum absolute atomic E-state index is 0.633. The number of carboxylic acids is 2. The number of aliphatic carboxylic acids is 2. The quantitative estimate of drug-likeness (QED) is 0.455. The average molecular weight is 318 g/mol. The van der Waals surface area contributed by atoms with Gasteiger partial charge >= 0.3 is 35.8 Å². The molecule has 0 aromatic heterocycles. The van der Waals surface area contributed by atoms with E-state index in [1.165, 1.54) is 0 Å². The molecule has 0 spiro atoms. The molecule has 0 heterocycles. The summed E-state index contributed by atoms with van der Waals surface area (Å²) in [7, 11) is 0. The Morgan fingerprint density at radius 2 is 1.00 bits per heavy atom. The third kappa shape index (κ3) is 6.59. The van der Waals surface area contributed by atoms with Gasteiger partial charge in [0.15, 0.2) is 11.8 Å². The summed E-state index contributed by atoms with van der Waals surface area (Å²) in [4.78, 5) is 65.5. The number of carboxylic acid groups (broad SMARTS) is 2. The fourth-order valence-corrected chi connectivity index (χ4v) is 0.909. The topological polar surface area (TPSA) is 161 Å². The molecular weight excluding hydrogens is 304 g/mol. The molecule has 0 aromatic carbocycles. The zero-order chi connectivity index (χ0) is 17.4. The summed E-state index contributed by atoms with van der Waals surface area (Å²) >= 11 is 0. The van der Waals surface area contributed by atoms with Crippen molar-refractivity contribution in [2.24, 2.45) is 11.8 Å². The van der Waals surface area contributed by atoms with Gasteiger partial charge in [0, 0.05) is 0 Å². The van der Waals surface area contributed by atoms with Crippen molar-refractivity contribution < 1.29 is 48.5 Å². The molecule has 0 radical (unpaired) electrons. The van der Waals surface area contributed by atoms with Crippen LogP contribution in [0.2, 0.25) is 0 Å². The van der Waals surface area contributed by atoms with Crippen LogP contribution in [0.15, 0.2) is 0 Å². The zero-order valence-electron chi connectivity index (χ0n) is 11.7. The fraction of sp³-hybridized carbons (Fsp3) is 0.500. The highest BCUT2D eigenvalue weighted by Crippen LogP contribution is 2.04. The van der Waals surface area contributed by atoms with Crippen LogP contribution in [0.5, 0.6) is 0 Å². The van der Waals surface area contributed by atoms with Gasteiger partial charge in [0.2, 0.25) is 0 Å². The van der Waals surface area contributed by atoms with E-state index in [1.54, 1.807) is 0 Å². The molecule has 0 bridgehead atoms. The van der Waals surface area contributed by atoms with E-state index in [0.717, 1.165) is 13.8 Å². The summed E-state index contributed by atoms with van der Waals surface area (Å²) in [5.41, 5.74) is 0. The van der Waals surface area contributed by atoms with E-state index in [9.17, 15) is 28.8 Å². The van der Waals surface area contributed by atoms with Gasteiger partial charge in [-0.1, -0.05) is 0 Å². The van der Waals surface area contributed by atoms with Crippen LogP contribution in [0.25, 0.3) is 0 Å². The number of hydrogen-bond acceptors (Lipinski definition) is 8. The molecule has 0 aromatic rings. The van der Waals surface area contributed by atoms with Gasteiger partial charge in [-0.2, -0.15) is 0 Å². The summed E-state index contributed by atoms with van der Waals surface area (Å²) in [5, 5.41) is 17.0. The van der Waals surface area contributed by atoms with Crippen molar-refractivity contribution in [1.82, 2.24) is 0 Å². The molecule has 0 aliphatic carbocycles. The SMILES string of the molecule is CC(C(=O)O)C(=O)OC(=O)CCC(=O)OC(=O)C(C)C(=O)O. The highest BCUT2D eigenvalue weighted by Gasteiger charge is 2.27. The second-order valence-electron chi connectivity index (χ2n) is 4.21. The molecule has 0 aliphatic rings. The molecule has 0 saturated heterocycles. The molecule has 2 atom stereocenters. The molecule has 0 rings (SSSR count). The molecule has 22 heavy (non-hydrogen) atoms. The maximum Gasteiger partial charge on any atom is 0.327 e. The van der Waals surface area contributed by atoms with E-state index >= 15 is 0 Å². The Labute approximate surface area is 124 Å². The van der Waals surface area contributed by atoms with Gasteiger partial charge in [0.1, 0.15) is 0 Å². The number of hydrogen-bond donors (Lipinski definition) is 2. The molecule has 2 unspecified atom stereocenters. The number of ether oxygens (including phenoxy) is 2. The first-order valence-electron chi connectivity index (χ1n) is 6.00. The van der Waals surface area contributed by atoms with E-state index in [0.29, 0.717) is 0 Å². The Bertz CT molecular complexity index is 460. The Morgan fingerprint density at radius 3 is 1.23 bits per heavy atom. The first-order valence-corrected chi connectivity index (χ1v) is 6.00. The van der Waals surface area contributed by atoms with Gasteiger partial charge in [-0.25, -0.2) is 0 Å². The lowest BCUT2D eigenvalue weighted by molar-refractivity contribution is -0.171. The molecule has 0 fully saturated rings. The van der Waals surface area contributed by atoms with E-state index in [4.69, 9.17) is 10.2 Å². The minimum atomic E-state index is -1.55. The summed E-state index contributed by atoms with van der Waals surface area (Å²) in [6.07, 6.45) is -1.27. The van der Waals surface area contributed by atoms with Crippen molar-refractivity contribution in [3.8, 4) is 0 Å². The van der Waals surface area contributed by atoms with Crippen LogP contribution < -0.4 is 0 Å². The molecule has 2 N–H and O–H groups in total. The third-order valence-electron chi connectivity index (χ3n) is 2.41. The number of rotatable bonds is 7. The van der Waals surface area contributed by atoms with Crippen molar-refractivity contribution >= 4 is 35.8 Å². The lowest BCUT2D eigenvalue weighted by Crippen LogP contribution is -2.27. The van der Waals surface area contributed by atoms with Gasteiger partial charge < -0.3 is 19.7 Å². The van der Waals surface area contributed by atoms with Crippen LogP contribution in [0.4, 0.5) is 0 Å². The number of carbonyl (C=O) groups excluding carboxylic acids is 4. The second-order valence-corrected chi connectivity index (χ2v) is 4.21. The monoisotopic (exact) mass is 318 g/mol. The maximum absolute atomic E-state index is 11.2. The second kappa shape index (κ2) is 8.49. The van der Waals surface area contributed by atoms with Crippen molar-refractivity contribution in [2.45, 2.75) is 26.7 Å². The Hall–Kier alpha value is -2.78. The molecule has 10 heteroatoms. The molecule has 0 saturated carbocycles. The average Bonchev–Trinajstić information content (AvgIpc) is 2.42. The predicted octanol–water partition coefficient (Wildman–Crippen LogP) is -0.652. The Morgan fingerprint density at radius 1 is 0.727 bits per heavy atom. The predicted molar refractivity (Wildman–Crippen MR) is 65.0 cm³/mol. The van der Waals surface area contributed by atoms with Gasteiger partial charge in [0.05, 0.1) is 12.8 Å². The first kappa shape index (κ1) is 19.2. The van der Waals surface area contributed by atoms with E-state index in [2.05, 4.69) is 9.47 Å². The normalized spacial score (nSPS) is 12.6. The van der Waals surface area contributed by atoms with Crippen molar-refractivity contribution in [3.05, 3.63) is 0 Å². The summed E-state index contributed by atoms with van der Waals surface area (Å²) in [6, 6.07) is 0. The van der Waals surface area contributed by atoms with Gasteiger partial charge in [0.25, 0.3) is 0 Å². The van der Waals surface area contributed by atoms with Crippen LogP contribution in [0.3, 0.4) is 0 Å².